The highest BCUT2D eigenvalue weighted by Crippen LogP contribution is 2.32. The molecule has 3 nitrogen and oxygen atoms in total. The van der Waals surface area contributed by atoms with E-state index in [9.17, 15) is 4.79 Å². The molecule has 1 N–H and O–H groups in total. The fourth-order valence-corrected chi connectivity index (χ4v) is 3.58. The zero-order valence-electron chi connectivity index (χ0n) is 16.0. The van der Waals surface area contributed by atoms with Gasteiger partial charge in [-0.3, -0.25) is 4.79 Å². The van der Waals surface area contributed by atoms with Crippen LogP contribution in [0.15, 0.2) is 47.6 Å². The summed E-state index contributed by atoms with van der Waals surface area (Å²) in [5, 5.41) is 4.28. The van der Waals surface area contributed by atoms with E-state index in [1.807, 2.05) is 39.0 Å². The lowest BCUT2D eigenvalue weighted by molar-refractivity contribution is 0.0954. The number of carbonyl (C=O) groups is 1. The molecule has 0 radical (unpaired) electrons. The van der Waals surface area contributed by atoms with Gasteiger partial charge >= 0.3 is 0 Å². The fourth-order valence-electron chi connectivity index (χ4n) is 3.58. The number of hydrazone groups is 1. The van der Waals surface area contributed by atoms with E-state index in [0.29, 0.717) is 11.5 Å². The Hall–Kier alpha value is -2.42. The van der Waals surface area contributed by atoms with Gasteiger partial charge in [0.15, 0.2) is 0 Å². The Kier molecular flexibility index (Phi) is 5.87. The summed E-state index contributed by atoms with van der Waals surface area (Å²) in [5.74, 6) is 0.533. The second kappa shape index (κ2) is 8.31. The third-order valence-electron chi connectivity index (χ3n) is 5.50. The largest absolute Gasteiger partial charge is 0.271 e. The van der Waals surface area contributed by atoms with Crippen molar-refractivity contribution in [2.75, 3.05) is 0 Å². The molecule has 2 aromatic rings. The molecule has 3 rings (SSSR count). The smallest absolute Gasteiger partial charge is 0.267 e. The molecule has 0 spiro atoms. The minimum atomic E-state index is -0.175. The van der Waals surface area contributed by atoms with Crippen LogP contribution in [0.4, 0.5) is 0 Å². The van der Waals surface area contributed by atoms with Crippen LogP contribution in [0, 0.1) is 13.8 Å². The van der Waals surface area contributed by atoms with Crippen molar-refractivity contribution in [2.45, 2.75) is 58.8 Å². The Labute approximate surface area is 156 Å². The average molecular weight is 348 g/mol. The normalized spacial score (nSPS) is 15.7. The minimum absolute atomic E-state index is 0.175. The molecule has 2 aromatic carbocycles. The van der Waals surface area contributed by atoms with Gasteiger partial charge in [-0.1, -0.05) is 49.6 Å². The topological polar surface area (TPSA) is 41.5 Å². The summed E-state index contributed by atoms with van der Waals surface area (Å²) >= 11 is 0. The lowest BCUT2D eigenvalue weighted by Crippen LogP contribution is -2.19. The van der Waals surface area contributed by atoms with Crippen LogP contribution in [0.2, 0.25) is 0 Å². The van der Waals surface area contributed by atoms with E-state index in [4.69, 9.17) is 0 Å². The number of nitrogens with zero attached hydrogens (tertiary/aromatic N) is 1. The first kappa shape index (κ1) is 18.4. The number of nitrogens with one attached hydrogen (secondary N) is 1. The first-order valence-corrected chi connectivity index (χ1v) is 9.57. The van der Waals surface area contributed by atoms with Crippen LogP contribution >= 0.6 is 0 Å². The summed E-state index contributed by atoms with van der Waals surface area (Å²) in [4.78, 5) is 12.3. The van der Waals surface area contributed by atoms with Crippen molar-refractivity contribution < 1.29 is 4.79 Å². The monoisotopic (exact) mass is 348 g/mol. The fraction of sp³-hybridized carbons (Fsp3) is 0.391. The summed E-state index contributed by atoms with van der Waals surface area (Å²) in [5.41, 5.74) is 8.89. The Bertz CT molecular complexity index is 799. The number of aryl methyl sites for hydroxylation is 2. The summed E-state index contributed by atoms with van der Waals surface area (Å²) < 4.78 is 0. The molecular formula is C23H28N2O. The van der Waals surface area contributed by atoms with Gasteiger partial charge in [0.2, 0.25) is 0 Å². The van der Waals surface area contributed by atoms with Crippen molar-refractivity contribution in [3.8, 4) is 0 Å². The van der Waals surface area contributed by atoms with Crippen molar-refractivity contribution in [1.29, 1.82) is 0 Å². The third kappa shape index (κ3) is 4.40. The molecule has 1 aliphatic carbocycles. The number of amides is 1. The number of carbonyl (C=O) groups excluding carboxylic acids is 1. The maximum atomic E-state index is 12.3. The molecule has 0 aromatic heterocycles. The molecule has 0 heterocycles. The molecule has 1 aliphatic rings. The molecule has 1 fully saturated rings. The van der Waals surface area contributed by atoms with Gasteiger partial charge in [0.1, 0.15) is 0 Å². The summed E-state index contributed by atoms with van der Waals surface area (Å²) in [7, 11) is 0. The average Bonchev–Trinajstić information content (AvgIpc) is 2.68. The predicted molar refractivity (Wildman–Crippen MR) is 108 cm³/mol. The van der Waals surface area contributed by atoms with Crippen molar-refractivity contribution in [1.82, 2.24) is 5.43 Å². The Morgan fingerprint density at radius 2 is 1.58 bits per heavy atom. The highest BCUT2D eigenvalue weighted by atomic mass is 16.2. The molecule has 1 amide bonds. The first-order chi connectivity index (χ1) is 12.5. The SMILES string of the molecule is C/C(=N\NC(=O)c1ccc(C)c(C)c1)c1ccc(C2CCCCC2)cc1. The van der Waals surface area contributed by atoms with Gasteiger partial charge in [-0.05, 0) is 73.9 Å². The van der Waals surface area contributed by atoms with Crippen LogP contribution in [0.3, 0.4) is 0 Å². The van der Waals surface area contributed by atoms with Crippen molar-refractivity contribution in [3.05, 3.63) is 70.3 Å². The van der Waals surface area contributed by atoms with Gasteiger partial charge in [-0.2, -0.15) is 5.10 Å². The van der Waals surface area contributed by atoms with Crippen LogP contribution < -0.4 is 5.43 Å². The third-order valence-corrected chi connectivity index (χ3v) is 5.50. The summed E-state index contributed by atoms with van der Waals surface area (Å²) in [6, 6.07) is 14.4. The van der Waals surface area contributed by atoms with Gasteiger partial charge in [-0.25, -0.2) is 5.43 Å². The number of benzene rings is 2. The van der Waals surface area contributed by atoms with Gasteiger partial charge < -0.3 is 0 Å². The van der Waals surface area contributed by atoms with E-state index in [0.717, 1.165) is 16.8 Å². The van der Waals surface area contributed by atoms with Gasteiger partial charge in [0.05, 0.1) is 5.71 Å². The van der Waals surface area contributed by atoms with E-state index in [1.54, 1.807) is 0 Å². The number of hydrogen-bond acceptors (Lipinski definition) is 2. The molecule has 0 aliphatic heterocycles. The molecule has 3 heteroatoms. The molecule has 0 atom stereocenters. The standard InChI is InChI=1S/C23H28N2O/c1-16-9-10-22(15-17(16)2)23(26)25-24-18(3)19-11-13-21(14-12-19)20-7-5-4-6-8-20/h9-15,20H,4-8H2,1-3H3,(H,25,26)/b24-18+. The van der Waals surface area contributed by atoms with Crippen molar-refractivity contribution in [2.24, 2.45) is 5.10 Å². The van der Waals surface area contributed by atoms with Crippen molar-refractivity contribution >= 4 is 11.6 Å². The van der Waals surface area contributed by atoms with E-state index in [1.165, 1.54) is 43.2 Å². The molecule has 0 unspecified atom stereocenters. The number of hydrogen-bond donors (Lipinski definition) is 1. The van der Waals surface area contributed by atoms with E-state index in [-0.39, 0.29) is 5.91 Å². The molecule has 136 valence electrons. The molecule has 1 saturated carbocycles. The van der Waals surface area contributed by atoms with Gasteiger partial charge in [0.25, 0.3) is 5.91 Å². The van der Waals surface area contributed by atoms with E-state index < -0.39 is 0 Å². The summed E-state index contributed by atoms with van der Waals surface area (Å²) in [6.07, 6.45) is 6.67. The quantitative estimate of drug-likeness (QED) is 0.575. The van der Waals surface area contributed by atoms with Crippen LogP contribution in [0.5, 0.6) is 0 Å². The lowest BCUT2D eigenvalue weighted by atomic mass is 9.84. The van der Waals surface area contributed by atoms with E-state index >= 15 is 0 Å². The molecule has 0 bridgehead atoms. The highest BCUT2D eigenvalue weighted by Gasteiger charge is 2.15. The minimum Gasteiger partial charge on any atom is -0.267 e. The first-order valence-electron chi connectivity index (χ1n) is 9.57. The molecular weight excluding hydrogens is 320 g/mol. The highest BCUT2D eigenvalue weighted by molar-refractivity contribution is 6.00. The number of rotatable bonds is 4. The summed E-state index contributed by atoms with van der Waals surface area (Å²) in [6.45, 7) is 5.97. The molecule has 0 saturated heterocycles. The predicted octanol–water partition coefficient (Wildman–Crippen LogP) is 5.51. The molecule has 26 heavy (non-hydrogen) atoms. The lowest BCUT2D eigenvalue weighted by Gasteiger charge is -2.22. The second-order valence-corrected chi connectivity index (χ2v) is 7.39. The Morgan fingerprint density at radius 1 is 0.923 bits per heavy atom. The van der Waals surface area contributed by atoms with Crippen LogP contribution in [0.25, 0.3) is 0 Å². The van der Waals surface area contributed by atoms with Crippen LogP contribution in [0.1, 0.15) is 77.6 Å². The van der Waals surface area contributed by atoms with Crippen molar-refractivity contribution in [3.63, 3.8) is 0 Å². The zero-order chi connectivity index (χ0) is 18.5. The maximum absolute atomic E-state index is 12.3. The maximum Gasteiger partial charge on any atom is 0.271 e. The van der Waals surface area contributed by atoms with Crippen LogP contribution in [-0.4, -0.2) is 11.6 Å². The second-order valence-electron chi connectivity index (χ2n) is 7.39. The van der Waals surface area contributed by atoms with E-state index in [2.05, 4.69) is 34.8 Å². The van der Waals surface area contributed by atoms with Crippen LogP contribution in [-0.2, 0) is 0 Å². The van der Waals surface area contributed by atoms with Gasteiger partial charge in [0, 0.05) is 5.56 Å². The Morgan fingerprint density at radius 3 is 2.23 bits per heavy atom. The Balaban J connectivity index is 1.65. The zero-order valence-corrected chi connectivity index (χ0v) is 16.0. The van der Waals surface area contributed by atoms with Gasteiger partial charge in [-0.15, -0.1) is 0 Å².